The molecular weight excluding hydrogens is 232 g/mol. The highest BCUT2D eigenvalue weighted by Gasteiger charge is 2.09. The minimum Gasteiger partial charge on any atom is -0.328 e. The van der Waals surface area contributed by atoms with Crippen molar-refractivity contribution < 1.29 is 0 Å². The maximum absolute atomic E-state index is 5.85. The summed E-state index contributed by atoms with van der Waals surface area (Å²) < 4.78 is 2.32. The van der Waals surface area contributed by atoms with E-state index in [-0.39, 0.29) is 0 Å². The predicted octanol–water partition coefficient (Wildman–Crippen LogP) is 3.93. The summed E-state index contributed by atoms with van der Waals surface area (Å²) in [7, 11) is 0. The molecule has 0 aliphatic rings. The zero-order valence-electron chi connectivity index (χ0n) is 10.5. The van der Waals surface area contributed by atoms with Crippen LogP contribution in [0.1, 0.15) is 31.2 Å². The lowest BCUT2D eigenvalue weighted by Gasteiger charge is -2.07. The maximum Gasteiger partial charge on any atom is 0.111 e. The van der Waals surface area contributed by atoms with Crippen molar-refractivity contribution >= 4 is 22.6 Å². The van der Waals surface area contributed by atoms with Crippen LogP contribution in [0.3, 0.4) is 0 Å². The Morgan fingerprint density at radius 1 is 1.35 bits per heavy atom. The summed E-state index contributed by atoms with van der Waals surface area (Å²) in [5.74, 6) is 1.75. The highest BCUT2D eigenvalue weighted by atomic mass is 35.5. The first-order chi connectivity index (χ1) is 8.26. The first kappa shape index (κ1) is 12.4. The standard InChI is InChI=1S/C14H19ClN2/c1-3-4-9-17-13-6-5-11(2)10-12(13)16-14(17)7-8-15/h5-6,10H,3-4,7-9H2,1-2H3. The van der Waals surface area contributed by atoms with Crippen molar-refractivity contribution in [3.63, 3.8) is 0 Å². The second kappa shape index (κ2) is 5.54. The van der Waals surface area contributed by atoms with Gasteiger partial charge in [0.25, 0.3) is 0 Å². The maximum atomic E-state index is 5.85. The third kappa shape index (κ3) is 2.63. The fourth-order valence-electron chi connectivity index (χ4n) is 2.13. The van der Waals surface area contributed by atoms with Crippen LogP contribution in [0.15, 0.2) is 18.2 Å². The van der Waals surface area contributed by atoms with Crippen LogP contribution in [0.4, 0.5) is 0 Å². The highest BCUT2D eigenvalue weighted by molar-refractivity contribution is 6.17. The van der Waals surface area contributed by atoms with Gasteiger partial charge in [-0.2, -0.15) is 0 Å². The van der Waals surface area contributed by atoms with E-state index >= 15 is 0 Å². The van der Waals surface area contributed by atoms with Crippen molar-refractivity contribution in [3.05, 3.63) is 29.6 Å². The van der Waals surface area contributed by atoms with E-state index in [1.807, 2.05) is 0 Å². The predicted molar refractivity (Wildman–Crippen MR) is 73.8 cm³/mol. The topological polar surface area (TPSA) is 17.8 Å². The number of nitrogens with zero attached hydrogens (tertiary/aromatic N) is 2. The fraction of sp³-hybridized carbons (Fsp3) is 0.500. The Balaban J connectivity index is 2.46. The SMILES string of the molecule is CCCCn1c(CCCl)nc2cc(C)ccc21. The van der Waals surface area contributed by atoms with Gasteiger partial charge in [0.2, 0.25) is 0 Å². The molecule has 2 nitrogen and oxygen atoms in total. The molecule has 0 radical (unpaired) electrons. The molecular formula is C14H19ClN2. The van der Waals surface area contributed by atoms with Gasteiger partial charge in [0.15, 0.2) is 0 Å². The summed E-state index contributed by atoms with van der Waals surface area (Å²) in [5.41, 5.74) is 3.60. The molecule has 1 aromatic heterocycles. The minimum atomic E-state index is 0.633. The van der Waals surface area contributed by atoms with E-state index in [0.717, 1.165) is 24.3 Å². The van der Waals surface area contributed by atoms with Crippen LogP contribution >= 0.6 is 11.6 Å². The Labute approximate surface area is 108 Å². The van der Waals surface area contributed by atoms with Crippen LogP contribution < -0.4 is 0 Å². The van der Waals surface area contributed by atoms with Crippen molar-refractivity contribution in [1.29, 1.82) is 0 Å². The number of aryl methyl sites for hydroxylation is 3. The normalized spacial score (nSPS) is 11.2. The van der Waals surface area contributed by atoms with E-state index in [2.05, 4.69) is 36.6 Å². The molecule has 0 atom stereocenters. The van der Waals surface area contributed by atoms with Crippen molar-refractivity contribution in [3.8, 4) is 0 Å². The third-order valence-electron chi connectivity index (χ3n) is 3.04. The van der Waals surface area contributed by atoms with Crippen molar-refractivity contribution in [1.82, 2.24) is 9.55 Å². The molecule has 0 amide bonds. The summed E-state index contributed by atoms with van der Waals surface area (Å²) in [6.07, 6.45) is 3.24. The van der Waals surface area contributed by atoms with E-state index in [0.29, 0.717) is 5.88 Å². The Hall–Kier alpha value is -1.02. The van der Waals surface area contributed by atoms with E-state index in [1.165, 1.54) is 23.9 Å². The lowest BCUT2D eigenvalue weighted by molar-refractivity contribution is 0.620. The van der Waals surface area contributed by atoms with E-state index in [9.17, 15) is 0 Å². The number of hydrogen-bond acceptors (Lipinski definition) is 1. The quantitative estimate of drug-likeness (QED) is 0.736. The number of aromatic nitrogens is 2. The van der Waals surface area contributed by atoms with Crippen molar-refractivity contribution in [2.24, 2.45) is 0 Å². The molecule has 0 aliphatic heterocycles. The zero-order valence-corrected chi connectivity index (χ0v) is 11.3. The van der Waals surface area contributed by atoms with Gasteiger partial charge in [0, 0.05) is 18.8 Å². The lowest BCUT2D eigenvalue weighted by Crippen LogP contribution is -2.04. The lowest BCUT2D eigenvalue weighted by atomic mass is 10.2. The average molecular weight is 251 g/mol. The summed E-state index contributed by atoms with van der Waals surface area (Å²) >= 11 is 5.85. The molecule has 0 unspecified atom stereocenters. The smallest absolute Gasteiger partial charge is 0.111 e. The van der Waals surface area contributed by atoms with Gasteiger partial charge < -0.3 is 4.57 Å². The second-order valence-electron chi connectivity index (χ2n) is 4.46. The summed E-state index contributed by atoms with van der Waals surface area (Å²) in [5, 5.41) is 0. The van der Waals surface area contributed by atoms with Gasteiger partial charge >= 0.3 is 0 Å². The number of halogens is 1. The van der Waals surface area contributed by atoms with Crippen LogP contribution in [0.25, 0.3) is 11.0 Å². The third-order valence-corrected chi connectivity index (χ3v) is 3.23. The summed E-state index contributed by atoms with van der Waals surface area (Å²) in [6.45, 7) is 5.36. The van der Waals surface area contributed by atoms with Gasteiger partial charge in [-0.1, -0.05) is 19.4 Å². The molecule has 0 bridgehead atoms. The van der Waals surface area contributed by atoms with Gasteiger partial charge in [-0.3, -0.25) is 0 Å². The zero-order chi connectivity index (χ0) is 12.3. The van der Waals surface area contributed by atoms with Gasteiger partial charge in [-0.25, -0.2) is 4.98 Å². The van der Waals surface area contributed by atoms with Gasteiger partial charge in [0.1, 0.15) is 5.82 Å². The fourth-order valence-corrected chi connectivity index (χ4v) is 2.30. The Kier molecular flexibility index (Phi) is 4.06. The molecule has 0 spiro atoms. The minimum absolute atomic E-state index is 0.633. The molecule has 17 heavy (non-hydrogen) atoms. The first-order valence-electron chi connectivity index (χ1n) is 6.28. The molecule has 0 N–H and O–H groups in total. The summed E-state index contributed by atoms with van der Waals surface area (Å²) in [4.78, 5) is 4.69. The van der Waals surface area contributed by atoms with E-state index < -0.39 is 0 Å². The molecule has 1 heterocycles. The molecule has 92 valence electrons. The van der Waals surface area contributed by atoms with Crippen LogP contribution in [-0.4, -0.2) is 15.4 Å². The molecule has 1 aromatic carbocycles. The van der Waals surface area contributed by atoms with Crippen LogP contribution in [0, 0.1) is 6.92 Å². The van der Waals surface area contributed by atoms with Crippen molar-refractivity contribution in [2.75, 3.05) is 5.88 Å². The average Bonchev–Trinajstić information content (AvgIpc) is 2.63. The summed E-state index contributed by atoms with van der Waals surface area (Å²) in [6, 6.07) is 6.47. The Morgan fingerprint density at radius 3 is 2.88 bits per heavy atom. The molecule has 2 rings (SSSR count). The number of alkyl halides is 1. The molecule has 0 saturated heterocycles. The molecule has 0 saturated carbocycles. The largest absolute Gasteiger partial charge is 0.328 e. The number of rotatable bonds is 5. The van der Waals surface area contributed by atoms with Gasteiger partial charge in [0.05, 0.1) is 11.0 Å². The number of benzene rings is 1. The molecule has 0 fully saturated rings. The van der Waals surface area contributed by atoms with Gasteiger partial charge in [-0.05, 0) is 31.0 Å². The number of imidazole rings is 1. The number of unbranched alkanes of at least 4 members (excludes halogenated alkanes) is 1. The van der Waals surface area contributed by atoms with Gasteiger partial charge in [-0.15, -0.1) is 11.6 Å². The highest BCUT2D eigenvalue weighted by Crippen LogP contribution is 2.19. The number of hydrogen-bond donors (Lipinski definition) is 0. The van der Waals surface area contributed by atoms with Crippen molar-refractivity contribution in [2.45, 2.75) is 39.7 Å². The molecule has 2 aromatic rings. The monoisotopic (exact) mass is 250 g/mol. The second-order valence-corrected chi connectivity index (χ2v) is 4.84. The van der Waals surface area contributed by atoms with E-state index in [1.54, 1.807) is 0 Å². The van der Waals surface area contributed by atoms with Crippen LogP contribution in [0.5, 0.6) is 0 Å². The van der Waals surface area contributed by atoms with Crippen LogP contribution in [0.2, 0.25) is 0 Å². The van der Waals surface area contributed by atoms with E-state index in [4.69, 9.17) is 16.6 Å². The molecule has 0 aliphatic carbocycles. The number of fused-ring (bicyclic) bond motifs is 1. The Morgan fingerprint density at radius 2 is 2.18 bits per heavy atom. The first-order valence-corrected chi connectivity index (χ1v) is 6.81. The Bertz CT molecular complexity index is 502. The van der Waals surface area contributed by atoms with Crippen LogP contribution in [-0.2, 0) is 13.0 Å². The molecule has 3 heteroatoms.